The first-order chi connectivity index (χ1) is 11.2. The van der Waals surface area contributed by atoms with Gasteiger partial charge in [-0.25, -0.2) is 9.59 Å². The lowest BCUT2D eigenvalue weighted by atomic mass is 10.1. The number of hydrogen-bond acceptors (Lipinski definition) is 4. The molecule has 2 aromatic rings. The van der Waals surface area contributed by atoms with Gasteiger partial charge in [-0.15, -0.1) is 0 Å². The van der Waals surface area contributed by atoms with E-state index in [0.717, 1.165) is 16.6 Å². The van der Waals surface area contributed by atoms with Crippen molar-refractivity contribution in [1.29, 1.82) is 0 Å². The summed E-state index contributed by atoms with van der Waals surface area (Å²) in [5.41, 5.74) is 1.34. The first-order valence-electron chi connectivity index (χ1n) is 7.85. The van der Waals surface area contributed by atoms with Gasteiger partial charge in [0, 0.05) is 18.5 Å². The molecule has 0 fully saturated rings. The van der Waals surface area contributed by atoms with Crippen molar-refractivity contribution in [3.63, 3.8) is 0 Å². The number of carboxylic acids is 1. The Labute approximate surface area is 140 Å². The SMILES string of the molecule is Cc1nn(CCCNC(=O)OC(C)(C)C)c2cc(C(=O)O)ccc12. The van der Waals surface area contributed by atoms with Gasteiger partial charge in [0.15, 0.2) is 0 Å². The number of carbonyl (C=O) groups excluding carboxylic acids is 1. The summed E-state index contributed by atoms with van der Waals surface area (Å²) in [6.07, 6.45) is 0.212. The number of hydrogen-bond donors (Lipinski definition) is 2. The molecule has 0 atom stereocenters. The molecule has 7 nitrogen and oxygen atoms in total. The lowest BCUT2D eigenvalue weighted by Gasteiger charge is -2.19. The van der Waals surface area contributed by atoms with Crippen LogP contribution in [0, 0.1) is 6.92 Å². The minimum atomic E-state index is -0.964. The number of amides is 1. The van der Waals surface area contributed by atoms with Crippen LogP contribution in [0.1, 0.15) is 43.2 Å². The number of benzene rings is 1. The first kappa shape index (κ1) is 17.8. The topological polar surface area (TPSA) is 93.5 Å². The molecule has 0 saturated heterocycles. The third-order valence-electron chi connectivity index (χ3n) is 3.40. The van der Waals surface area contributed by atoms with Crippen molar-refractivity contribution in [2.75, 3.05) is 6.54 Å². The molecule has 0 unspecified atom stereocenters. The van der Waals surface area contributed by atoms with Crippen LogP contribution in [0.4, 0.5) is 4.79 Å². The molecule has 0 saturated carbocycles. The van der Waals surface area contributed by atoms with Crippen molar-refractivity contribution in [2.24, 2.45) is 0 Å². The monoisotopic (exact) mass is 333 g/mol. The molecule has 2 N–H and O–H groups in total. The summed E-state index contributed by atoms with van der Waals surface area (Å²) in [6, 6.07) is 4.98. The van der Waals surface area contributed by atoms with E-state index in [2.05, 4.69) is 10.4 Å². The molecule has 1 aromatic carbocycles. The fraction of sp³-hybridized carbons (Fsp3) is 0.471. The van der Waals surface area contributed by atoms with Gasteiger partial charge in [0.25, 0.3) is 0 Å². The van der Waals surface area contributed by atoms with Crippen molar-refractivity contribution in [3.05, 3.63) is 29.5 Å². The maximum atomic E-state index is 11.6. The second-order valence-electron chi connectivity index (χ2n) is 6.63. The Morgan fingerprint density at radius 3 is 2.67 bits per heavy atom. The standard InChI is InChI=1S/C17H23N3O4/c1-11-13-7-6-12(15(21)22)10-14(13)20(19-11)9-5-8-18-16(23)24-17(2,3)4/h6-7,10H,5,8-9H2,1-4H3,(H,18,23)(H,21,22). The number of carbonyl (C=O) groups is 2. The molecule has 0 spiro atoms. The molecule has 0 aliphatic rings. The van der Waals surface area contributed by atoms with E-state index in [9.17, 15) is 9.59 Å². The van der Waals surface area contributed by atoms with Crippen LogP contribution in [-0.2, 0) is 11.3 Å². The largest absolute Gasteiger partial charge is 0.478 e. The van der Waals surface area contributed by atoms with Gasteiger partial charge in [-0.1, -0.05) is 6.07 Å². The average Bonchev–Trinajstić information content (AvgIpc) is 2.78. The second-order valence-corrected chi connectivity index (χ2v) is 6.63. The Kier molecular flexibility index (Phi) is 5.11. The van der Waals surface area contributed by atoms with Gasteiger partial charge >= 0.3 is 12.1 Å². The zero-order valence-corrected chi connectivity index (χ0v) is 14.4. The lowest BCUT2D eigenvalue weighted by Crippen LogP contribution is -2.33. The van der Waals surface area contributed by atoms with E-state index < -0.39 is 17.7 Å². The van der Waals surface area contributed by atoms with Crippen molar-refractivity contribution >= 4 is 23.0 Å². The van der Waals surface area contributed by atoms with E-state index in [1.807, 2.05) is 27.7 Å². The van der Waals surface area contributed by atoms with Crippen molar-refractivity contribution < 1.29 is 19.4 Å². The normalized spacial score (nSPS) is 11.5. The summed E-state index contributed by atoms with van der Waals surface area (Å²) in [4.78, 5) is 22.7. The maximum absolute atomic E-state index is 11.6. The quantitative estimate of drug-likeness (QED) is 0.821. The van der Waals surface area contributed by atoms with Crippen LogP contribution in [0.2, 0.25) is 0 Å². The van der Waals surface area contributed by atoms with E-state index in [1.54, 1.807) is 22.9 Å². The number of rotatable bonds is 5. The van der Waals surface area contributed by atoms with E-state index in [0.29, 0.717) is 19.5 Å². The van der Waals surface area contributed by atoms with Crippen molar-refractivity contribution in [1.82, 2.24) is 15.1 Å². The number of alkyl carbamates (subject to hydrolysis) is 1. The third-order valence-corrected chi connectivity index (χ3v) is 3.40. The van der Waals surface area contributed by atoms with E-state index in [4.69, 9.17) is 9.84 Å². The summed E-state index contributed by atoms with van der Waals surface area (Å²) in [7, 11) is 0. The number of aryl methyl sites for hydroxylation is 2. The van der Waals surface area contributed by atoms with E-state index >= 15 is 0 Å². The minimum absolute atomic E-state index is 0.232. The number of aromatic nitrogens is 2. The average molecular weight is 333 g/mol. The zero-order chi connectivity index (χ0) is 17.9. The summed E-state index contributed by atoms with van der Waals surface area (Å²) < 4.78 is 6.94. The minimum Gasteiger partial charge on any atom is -0.478 e. The van der Waals surface area contributed by atoms with Crippen LogP contribution >= 0.6 is 0 Å². The van der Waals surface area contributed by atoms with Gasteiger partial charge in [0.05, 0.1) is 16.8 Å². The third kappa shape index (κ3) is 4.47. The van der Waals surface area contributed by atoms with Gasteiger partial charge in [-0.2, -0.15) is 5.10 Å². The Balaban J connectivity index is 1.99. The molecular formula is C17H23N3O4. The van der Waals surface area contributed by atoms with E-state index in [-0.39, 0.29) is 5.56 Å². The van der Waals surface area contributed by atoms with Gasteiger partial charge in [0.2, 0.25) is 0 Å². The van der Waals surface area contributed by atoms with Crippen LogP contribution in [0.5, 0.6) is 0 Å². The molecule has 24 heavy (non-hydrogen) atoms. The number of fused-ring (bicyclic) bond motifs is 1. The summed E-state index contributed by atoms with van der Waals surface area (Å²) >= 11 is 0. The smallest absolute Gasteiger partial charge is 0.407 e. The Morgan fingerprint density at radius 1 is 1.33 bits per heavy atom. The van der Waals surface area contributed by atoms with Gasteiger partial charge in [-0.3, -0.25) is 4.68 Å². The Hall–Kier alpha value is -2.57. The Morgan fingerprint density at radius 2 is 2.04 bits per heavy atom. The van der Waals surface area contributed by atoms with E-state index in [1.165, 1.54) is 0 Å². The molecule has 0 radical (unpaired) electrons. The van der Waals surface area contributed by atoms with Gasteiger partial charge < -0.3 is 15.2 Å². The molecule has 2 rings (SSSR count). The lowest BCUT2D eigenvalue weighted by molar-refractivity contribution is 0.0526. The van der Waals surface area contributed by atoms with Crippen LogP contribution in [0.15, 0.2) is 18.2 Å². The van der Waals surface area contributed by atoms with Crippen LogP contribution in [0.3, 0.4) is 0 Å². The molecule has 0 aliphatic heterocycles. The summed E-state index contributed by atoms with van der Waals surface area (Å²) in [5.74, 6) is -0.964. The summed E-state index contributed by atoms with van der Waals surface area (Å²) in [5, 5.41) is 17.2. The predicted octanol–water partition coefficient (Wildman–Crippen LogP) is 2.96. The van der Waals surface area contributed by atoms with Crippen LogP contribution in [0.25, 0.3) is 10.9 Å². The number of nitrogens with zero attached hydrogens (tertiary/aromatic N) is 2. The molecule has 0 bridgehead atoms. The molecular weight excluding hydrogens is 310 g/mol. The predicted molar refractivity (Wildman–Crippen MR) is 90.3 cm³/mol. The molecule has 1 amide bonds. The maximum Gasteiger partial charge on any atom is 0.407 e. The van der Waals surface area contributed by atoms with Crippen molar-refractivity contribution in [2.45, 2.75) is 46.3 Å². The number of ether oxygens (including phenoxy) is 1. The van der Waals surface area contributed by atoms with Gasteiger partial charge in [-0.05, 0) is 46.2 Å². The molecule has 7 heteroatoms. The molecule has 1 aromatic heterocycles. The zero-order valence-electron chi connectivity index (χ0n) is 14.4. The van der Waals surface area contributed by atoms with Gasteiger partial charge in [0.1, 0.15) is 5.60 Å². The number of carboxylic acid groups (broad SMARTS) is 1. The van der Waals surface area contributed by atoms with Crippen LogP contribution < -0.4 is 5.32 Å². The second kappa shape index (κ2) is 6.90. The first-order valence-corrected chi connectivity index (χ1v) is 7.85. The Bertz CT molecular complexity index is 759. The fourth-order valence-corrected chi connectivity index (χ4v) is 2.38. The highest BCUT2D eigenvalue weighted by Crippen LogP contribution is 2.20. The number of aromatic carboxylic acids is 1. The highest BCUT2D eigenvalue weighted by atomic mass is 16.6. The van der Waals surface area contributed by atoms with Crippen LogP contribution in [-0.4, -0.2) is 39.1 Å². The van der Waals surface area contributed by atoms with Crippen molar-refractivity contribution in [3.8, 4) is 0 Å². The molecule has 0 aliphatic carbocycles. The number of nitrogens with one attached hydrogen (secondary N) is 1. The highest BCUT2D eigenvalue weighted by Gasteiger charge is 2.15. The highest BCUT2D eigenvalue weighted by molar-refractivity contribution is 5.93. The fourth-order valence-electron chi connectivity index (χ4n) is 2.38. The summed E-state index contributed by atoms with van der Waals surface area (Å²) in [6.45, 7) is 8.34. The molecule has 1 heterocycles. The molecule has 130 valence electrons.